The highest BCUT2D eigenvalue weighted by molar-refractivity contribution is 7.13. The molecule has 2 aromatic heterocycles. The number of nitrogens with zero attached hydrogens (tertiary/aromatic N) is 2. The molecule has 5 rings (SSSR count). The Kier molecular flexibility index (Phi) is 4.87. The largest absolute Gasteiger partial charge is 0.243 e. The van der Waals surface area contributed by atoms with Crippen LogP contribution in [-0.2, 0) is 6.42 Å². The van der Waals surface area contributed by atoms with E-state index in [1.165, 1.54) is 75.7 Å². The molecule has 2 heterocycles. The molecule has 0 amide bonds. The van der Waals surface area contributed by atoms with Gasteiger partial charge in [-0.2, -0.15) is 0 Å². The number of unbranched alkanes of at least 4 members (excludes halogenated alkanes) is 5. The number of aryl methyl sites for hydroxylation is 3. The highest BCUT2D eigenvalue weighted by atomic mass is 32.1. The number of hydrogen-bond donors (Lipinski definition) is 0. The highest BCUT2D eigenvalue weighted by Crippen LogP contribution is 2.47. The molecule has 0 radical (unpaired) electrons. The molecule has 0 spiro atoms. The first-order chi connectivity index (χ1) is 14.2. The van der Waals surface area contributed by atoms with Crippen LogP contribution in [0.25, 0.3) is 44.3 Å². The zero-order valence-electron chi connectivity index (χ0n) is 17.6. The van der Waals surface area contributed by atoms with Crippen molar-refractivity contribution >= 4 is 33.1 Å². The van der Waals surface area contributed by atoms with Gasteiger partial charge in [0.15, 0.2) is 0 Å². The summed E-state index contributed by atoms with van der Waals surface area (Å²) in [6.07, 6.45) is 9.20. The lowest BCUT2D eigenvalue weighted by Gasteiger charge is -2.09. The fourth-order valence-electron chi connectivity index (χ4n) is 4.80. The lowest BCUT2D eigenvalue weighted by Crippen LogP contribution is -1.90. The van der Waals surface area contributed by atoms with Crippen molar-refractivity contribution < 1.29 is 0 Å². The van der Waals surface area contributed by atoms with E-state index in [1.54, 1.807) is 11.3 Å². The first-order valence-electron chi connectivity index (χ1n) is 11.0. The minimum absolute atomic E-state index is 1.07. The van der Waals surface area contributed by atoms with Crippen molar-refractivity contribution in [3.05, 3.63) is 45.6 Å². The topological polar surface area (TPSA) is 25.8 Å². The van der Waals surface area contributed by atoms with Crippen molar-refractivity contribution in [3.8, 4) is 22.5 Å². The van der Waals surface area contributed by atoms with Crippen LogP contribution in [0.1, 0.15) is 60.8 Å². The summed E-state index contributed by atoms with van der Waals surface area (Å²) in [6.45, 7) is 6.59. The molecule has 2 aromatic carbocycles. The molecule has 29 heavy (non-hydrogen) atoms. The van der Waals surface area contributed by atoms with E-state index in [2.05, 4.69) is 51.1 Å². The molecule has 1 aliphatic carbocycles. The average Bonchev–Trinajstić information content (AvgIpc) is 3.20. The third-order valence-corrected chi connectivity index (χ3v) is 7.31. The van der Waals surface area contributed by atoms with Crippen molar-refractivity contribution in [1.82, 2.24) is 9.97 Å². The quantitative estimate of drug-likeness (QED) is 0.259. The molecule has 3 heteroatoms. The Morgan fingerprint density at radius 3 is 2.14 bits per heavy atom. The molecule has 148 valence electrons. The zero-order valence-corrected chi connectivity index (χ0v) is 18.5. The van der Waals surface area contributed by atoms with Gasteiger partial charge in [0.1, 0.15) is 11.0 Å². The van der Waals surface area contributed by atoms with E-state index in [1.807, 2.05) is 0 Å². The van der Waals surface area contributed by atoms with E-state index in [0.29, 0.717) is 0 Å². The van der Waals surface area contributed by atoms with E-state index < -0.39 is 0 Å². The first-order valence-corrected chi connectivity index (χ1v) is 11.8. The third kappa shape index (κ3) is 3.07. The van der Waals surface area contributed by atoms with Gasteiger partial charge >= 0.3 is 0 Å². The number of aromatic nitrogens is 2. The molecule has 0 N–H and O–H groups in total. The van der Waals surface area contributed by atoms with Gasteiger partial charge in [-0.25, -0.2) is 9.97 Å². The van der Waals surface area contributed by atoms with Gasteiger partial charge in [0.05, 0.1) is 11.4 Å². The first kappa shape index (κ1) is 18.7. The van der Waals surface area contributed by atoms with E-state index in [-0.39, 0.29) is 0 Å². The second-order valence-corrected chi connectivity index (χ2v) is 9.78. The van der Waals surface area contributed by atoms with Crippen molar-refractivity contribution in [1.29, 1.82) is 0 Å². The highest BCUT2D eigenvalue weighted by Gasteiger charge is 2.26. The standard InChI is InChI=1S/C26H28N2S/c1-4-5-6-7-8-9-11-18-14-15-21-22-19(18)12-10-13-20(22)25-26(21)28-24-17(3)29-16(2)23(24)27-25/h10,12-15H,4-9,11H2,1-3H3. The summed E-state index contributed by atoms with van der Waals surface area (Å²) in [7, 11) is 0. The Labute approximate surface area is 177 Å². The average molecular weight is 401 g/mol. The van der Waals surface area contributed by atoms with Crippen molar-refractivity contribution in [2.24, 2.45) is 0 Å². The third-order valence-electron chi connectivity index (χ3n) is 6.31. The fraction of sp³-hybridized carbons (Fsp3) is 0.385. The molecule has 0 unspecified atom stereocenters. The molecular weight excluding hydrogens is 372 g/mol. The van der Waals surface area contributed by atoms with Crippen LogP contribution in [0.15, 0.2) is 30.3 Å². The van der Waals surface area contributed by atoms with Gasteiger partial charge in [-0.3, -0.25) is 0 Å². The van der Waals surface area contributed by atoms with Crippen LogP contribution in [0.2, 0.25) is 0 Å². The SMILES string of the molecule is CCCCCCCCc1ccc2c3c(cccc13)-c1nc3c(C)sc(C)c3nc1-2. The molecule has 0 fully saturated rings. The van der Waals surface area contributed by atoms with Crippen molar-refractivity contribution in [2.45, 2.75) is 65.7 Å². The van der Waals surface area contributed by atoms with Crippen molar-refractivity contribution in [2.75, 3.05) is 0 Å². The van der Waals surface area contributed by atoms with Gasteiger partial charge in [0.2, 0.25) is 0 Å². The lowest BCUT2D eigenvalue weighted by atomic mass is 9.95. The second-order valence-electron chi connectivity index (χ2n) is 8.35. The monoisotopic (exact) mass is 400 g/mol. The maximum Gasteiger partial charge on any atom is 0.103 e. The molecule has 0 bridgehead atoms. The molecular formula is C26H28N2S. The van der Waals surface area contributed by atoms with Crippen LogP contribution in [-0.4, -0.2) is 9.97 Å². The number of fused-ring (bicyclic) bond motifs is 4. The Bertz CT molecular complexity index is 1170. The summed E-state index contributed by atoms with van der Waals surface area (Å²) >= 11 is 1.80. The molecule has 0 saturated heterocycles. The molecule has 4 aromatic rings. The van der Waals surface area contributed by atoms with E-state index in [0.717, 1.165) is 28.8 Å². The van der Waals surface area contributed by atoms with Gasteiger partial charge in [0.25, 0.3) is 0 Å². The van der Waals surface area contributed by atoms with E-state index in [4.69, 9.17) is 9.97 Å². The number of rotatable bonds is 7. The lowest BCUT2D eigenvalue weighted by molar-refractivity contribution is 0.608. The minimum atomic E-state index is 1.07. The fourth-order valence-corrected chi connectivity index (χ4v) is 5.74. The number of benzene rings is 2. The van der Waals surface area contributed by atoms with Crippen LogP contribution in [0, 0.1) is 13.8 Å². The Morgan fingerprint density at radius 2 is 1.41 bits per heavy atom. The Hall–Kier alpha value is -2.26. The van der Waals surface area contributed by atoms with Gasteiger partial charge in [-0.05, 0) is 37.6 Å². The van der Waals surface area contributed by atoms with Crippen LogP contribution in [0.3, 0.4) is 0 Å². The summed E-state index contributed by atoms with van der Waals surface area (Å²) in [5.41, 5.74) is 8.27. The zero-order chi connectivity index (χ0) is 20.0. The molecule has 0 atom stereocenters. The summed E-state index contributed by atoms with van der Waals surface area (Å²) in [6, 6.07) is 11.3. The smallest absolute Gasteiger partial charge is 0.103 e. The maximum absolute atomic E-state index is 5.10. The van der Waals surface area contributed by atoms with Gasteiger partial charge in [-0.15, -0.1) is 11.3 Å². The Balaban J connectivity index is 1.53. The van der Waals surface area contributed by atoms with E-state index >= 15 is 0 Å². The number of hydrogen-bond acceptors (Lipinski definition) is 3. The molecule has 0 aliphatic heterocycles. The van der Waals surface area contributed by atoms with Gasteiger partial charge < -0.3 is 0 Å². The predicted octanol–water partition coefficient (Wildman–Crippen LogP) is 8.01. The summed E-state index contributed by atoms with van der Waals surface area (Å²) in [4.78, 5) is 12.7. The minimum Gasteiger partial charge on any atom is -0.243 e. The summed E-state index contributed by atoms with van der Waals surface area (Å²) < 4.78 is 0. The maximum atomic E-state index is 5.10. The predicted molar refractivity (Wildman–Crippen MR) is 126 cm³/mol. The van der Waals surface area contributed by atoms with Crippen LogP contribution >= 0.6 is 11.3 Å². The Morgan fingerprint density at radius 1 is 0.759 bits per heavy atom. The van der Waals surface area contributed by atoms with E-state index in [9.17, 15) is 0 Å². The summed E-state index contributed by atoms with van der Waals surface area (Å²) in [5, 5.41) is 2.75. The van der Waals surface area contributed by atoms with Gasteiger partial charge in [0, 0.05) is 26.3 Å². The van der Waals surface area contributed by atoms with Crippen LogP contribution in [0.4, 0.5) is 0 Å². The number of thiophene rings is 1. The molecule has 2 nitrogen and oxygen atoms in total. The van der Waals surface area contributed by atoms with Crippen molar-refractivity contribution in [3.63, 3.8) is 0 Å². The molecule has 0 saturated carbocycles. The van der Waals surface area contributed by atoms with Crippen LogP contribution < -0.4 is 0 Å². The normalized spacial score (nSPS) is 12.2. The molecule has 1 aliphatic rings. The van der Waals surface area contributed by atoms with Crippen LogP contribution in [0.5, 0.6) is 0 Å². The summed E-state index contributed by atoms with van der Waals surface area (Å²) in [5.74, 6) is 0. The second kappa shape index (κ2) is 7.53. The van der Waals surface area contributed by atoms with Gasteiger partial charge in [-0.1, -0.05) is 69.4 Å².